The van der Waals surface area contributed by atoms with Crippen LogP contribution in [0.2, 0.25) is 0 Å². The fourth-order valence-electron chi connectivity index (χ4n) is 3.34. The number of carbonyl (C=O) groups is 1. The molecule has 3 aromatic carbocycles. The van der Waals surface area contributed by atoms with Gasteiger partial charge in [0.15, 0.2) is 0 Å². The summed E-state index contributed by atoms with van der Waals surface area (Å²) in [7, 11) is 0. The van der Waals surface area contributed by atoms with E-state index in [1.54, 1.807) is 42.6 Å². The van der Waals surface area contributed by atoms with E-state index in [4.69, 9.17) is 5.11 Å². The molecule has 0 saturated carbocycles. The number of benzene rings is 3. The Labute approximate surface area is 176 Å². The molecule has 0 saturated heterocycles. The van der Waals surface area contributed by atoms with Crippen molar-refractivity contribution in [1.82, 2.24) is 4.98 Å². The Bertz CT molecular complexity index is 1210. The zero-order chi connectivity index (χ0) is 22.0. The highest BCUT2D eigenvalue weighted by molar-refractivity contribution is 5.88. The second-order valence-corrected chi connectivity index (χ2v) is 6.86. The first-order chi connectivity index (χ1) is 14.9. The summed E-state index contributed by atoms with van der Waals surface area (Å²) in [6.07, 6.45) is 1.60. The van der Waals surface area contributed by atoms with Crippen LogP contribution in [0.3, 0.4) is 0 Å². The number of hydrogen-bond donors (Lipinski definition) is 2. The first-order valence-corrected chi connectivity index (χ1v) is 9.35. The van der Waals surface area contributed by atoms with Gasteiger partial charge >= 0.3 is 5.97 Å². The molecule has 4 rings (SSSR count). The number of aromatic nitrogens is 1. The number of anilines is 2. The van der Waals surface area contributed by atoms with Crippen LogP contribution in [0.25, 0.3) is 10.9 Å². The van der Waals surface area contributed by atoms with Crippen LogP contribution < -0.4 is 4.90 Å². The fraction of sp³-hybridized carbons (Fsp3) is 0.0435. The Hall–Kier alpha value is -4.46. The number of nitrogens with zero attached hydrogens (tertiary/aromatic N) is 3. The molecule has 1 heterocycles. The topological polar surface area (TPSA) is 117 Å². The molecule has 0 unspecified atom stereocenters. The number of phenolic OH excluding ortho intramolecular Hbond substituents is 1. The number of pyridine rings is 1. The van der Waals surface area contributed by atoms with Crippen molar-refractivity contribution in [2.24, 2.45) is 0 Å². The molecule has 0 spiro atoms. The van der Waals surface area contributed by atoms with E-state index in [1.807, 2.05) is 17.0 Å². The maximum atomic E-state index is 11.2. The van der Waals surface area contributed by atoms with Gasteiger partial charge in [0.1, 0.15) is 11.3 Å². The van der Waals surface area contributed by atoms with Gasteiger partial charge in [0.25, 0.3) is 5.69 Å². The van der Waals surface area contributed by atoms with Crippen molar-refractivity contribution < 1.29 is 19.9 Å². The van der Waals surface area contributed by atoms with Crippen molar-refractivity contribution in [1.29, 1.82) is 0 Å². The van der Waals surface area contributed by atoms with Crippen LogP contribution >= 0.6 is 0 Å². The van der Waals surface area contributed by atoms with E-state index >= 15 is 0 Å². The van der Waals surface area contributed by atoms with Gasteiger partial charge in [-0.2, -0.15) is 0 Å². The van der Waals surface area contributed by atoms with E-state index in [2.05, 4.69) is 4.98 Å². The van der Waals surface area contributed by atoms with Crippen molar-refractivity contribution in [3.8, 4) is 5.75 Å². The number of nitro benzene ring substituents is 1. The molecule has 0 atom stereocenters. The lowest BCUT2D eigenvalue weighted by molar-refractivity contribution is -0.384. The van der Waals surface area contributed by atoms with Gasteiger partial charge in [0.2, 0.25) is 0 Å². The van der Waals surface area contributed by atoms with Gasteiger partial charge in [-0.15, -0.1) is 0 Å². The third-order valence-corrected chi connectivity index (χ3v) is 4.96. The molecule has 154 valence electrons. The number of hydrogen-bond acceptors (Lipinski definition) is 6. The average Bonchev–Trinajstić information content (AvgIpc) is 2.79. The molecule has 4 aromatic rings. The van der Waals surface area contributed by atoms with Gasteiger partial charge in [-0.1, -0.05) is 18.2 Å². The Kier molecular flexibility index (Phi) is 5.19. The van der Waals surface area contributed by atoms with E-state index in [0.29, 0.717) is 22.5 Å². The van der Waals surface area contributed by atoms with E-state index in [0.717, 1.165) is 5.39 Å². The zero-order valence-corrected chi connectivity index (χ0v) is 16.2. The maximum Gasteiger partial charge on any atom is 0.335 e. The molecule has 0 radical (unpaired) electrons. The van der Waals surface area contributed by atoms with E-state index in [1.165, 1.54) is 24.3 Å². The smallest absolute Gasteiger partial charge is 0.335 e. The summed E-state index contributed by atoms with van der Waals surface area (Å²) >= 11 is 0. The van der Waals surface area contributed by atoms with Crippen molar-refractivity contribution in [2.75, 3.05) is 4.90 Å². The van der Waals surface area contributed by atoms with Gasteiger partial charge in [-0.3, -0.25) is 15.1 Å². The predicted molar refractivity (Wildman–Crippen MR) is 116 cm³/mol. The standard InChI is InChI=1S/C23H17N3O5/c27-22-17(4-3-15-2-1-13-24-21(15)22)14-25(18-7-5-16(6-8-18)23(28)29)19-9-11-20(12-10-19)26(30)31/h1-13,27H,14H2,(H,28,29). The molecular weight excluding hydrogens is 398 g/mol. The van der Waals surface area contributed by atoms with Crippen LogP contribution in [0.15, 0.2) is 79.0 Å². The van der Waals surface area contributed by atoms with Gasteiger partial charge < -0.3 is 15.1 Å². The quantitative estimate of drug-likeness (QED) is 0.340. The highest BCUT2D eigenvalue weighted by atomic mass is 16.6. The van der Waals surface area contributed by atoms with E-state index in [9.17, 15) is 20.0 Å². The highest BCUT2D eigenvalue weighted by Crippen LogP contribution is 2.33. The second kappa shape index (κ2) is 8.11. The number of aromatic hydroxyl groups is 1. The number of nitro groups is 1. The van der Waals surface area contributed by atoms with Crippen LogP contribution in [0, 0.1) is 10.1 Å². The summed E-state index contributed by atoms with van der Waals surface area (Å²) < 4.78 is 0. The monoisotopic (exact) mass is 415 g/mol. The Morgan fingerprint density at radius 2 is 1.61 bits per heavy atom. The lowest BCUT2D eigenvalue weighted by atomic mass is 10.1. The third kappa shape index (κ3) is 3.99. The lowest BCUT2D eigenvalue weighted by Crippen LogP contribution is -2.17. The summed E-state index contributed by atoms with van der Waals surface area (Å²) in [5.74, 6) is -0.987. The third-order valence-electron chi connectivity index (χ3n) is 4.96. The van der Waals surface area contributed by atoms with Crippen LogP contribution in [0.1, 0.15) is 15.9 Å². The number of carboxylic acid groups (broad SMARTS) is 1. The number of fused-ring (bicyclic) bond motifs is 1. The first kappa shape index (κ1) is 19.8. The Morgan fingerprint density at radius 1 is 0.968 bits per heavy atom. The molecule has 8 nitrogen and oxygen atoms in total. The number of rotatable bonds is 6. The molecular formula is C23H17N3O5. The number of non-ortho nitro benzene ring substituents is 1. The summed E-state index contributed by atoms with van der Waals surface area (Å²) in [5.41, 5.74) is 2.50. The second-order valence-electron chi connectivity index (χ2n) is 6.86. The van der Waals surface area contributed by atoms with Crippen LogP contribution in [0.5, 0.6) is 5.75 Å². The summed E-state index contributed by atoms with van der Waals surface area (Å²) in [6, 6.07) is 19.6. The first-order valence-electron chi connectivity index (χ1n) is 9.35. The Balaban J connectivity index is 1.77. The number of aromatic carboxylic acids is 1. The summed E-state index contributed by atoms with van der Waals surface area (Å²) in [4.78, 5) is 27.8. The van der Waals surface area contributed by atoms with Crippen molar-refractivity contribution in [3.05, 3.63) is 100 Å². The van der Waals surface area contributed by atoms with Crippen LogP contribution in [-0.4, -0.2) is 26.1 Å². The lowest BCUT2D eigenvalue weighted by Gasteiger charge is -2.26. The minimum absolute atomic E-state index is 0.0392. The molecule has 0 fully saturated rings. The SMILES string of the molecule is O=C(O)c1ccc(N(Cc2ccc3cccnc3c2O)c2ccc([N+](=O)[O-])cc2)cc1. The Morgan fingerprint density at radius 3 is 2.23 bits per heavy atom. The molecule has 31 heavy (non-hydrogen) atoms. The molecule has 8 heteroatoms. The normalized spacial score (nSPS) is 10.7. The average molecular weight is 415 g/mol. The highest BCUT2D eigenvalue weighted by Gasteiger charge is 2.16. The molecule has 0 aliphatic rings. The van der Waals surface area contributed by atoms with Gasteiger partial charge in [-0.25, -0.2) is 4.79 Å². The fourth-order valence-corrected chi connectivity index (χ4v) is 3.34. The van der Waals surface area contributed by atoms with Crippen LogP contribution in [0.4, 0.5) is 17.1 Å². The number of carboxylic acids is 1. The number of phenols is 1. The maximum absolute atomic E-state index is 11.2. The minimum atomic E-state index is -1.04. The van der Waals surface area contributed by atoms with Gasteiger partial charge in [0.05, 0.1) is 17.0 Å². The van der Waals surface area contributed by atoms with Gasteiger partial charge in [-0.05, 0) is 42.5 Å². The largest absolute Gasteiger partial charge is 0.505 e. The summed E-state index contributed by atoms with van der Waals surface area (Å²) in [5, 5.41) is 31.8. The molecule has 0 aliphatic heterocycles. The van der Waals surface area contributed by atoms with Crippen molar-refractivity contribution in [3.63, 3.8) is 0 Å². The molecule has 0 amide bonds. The van der Waals surface area contributed by atoms with Crippen LogP contribution in [-0.2, 0) is 6.54 Å². The van der Waals surface area contributed by atoms with Crippen molar-refractivity contribution >= 4 is 33.9 Å². The molecule has 1 aromatic heterocycles. The van der Waals surface area contributed by atoms with Gasteiger partial charge in [0, 0.05) is 40.7 Å². The predicted octanol–water partition coefficient (Wildman–Crippen LogP) is 4.89. The molecule has 0 bridgehead atoms. The van der Waals surface area contributed by atoms with Crippen molar-refractivity contribution in [2.45, 2.75) is 6.54 Å². The zero-order valence-electron chi connectivity index (χ0n) is 16.2. The van der Waals surface area contributed by atoms with E-state index in [-0.39, 0.29) is 23.5 Å². The molecule has 2 N–H and O–H groups in total. The molecule has 0 aliphatic carbocycles. The summed E-state index contributed by atoms with van der Waals surface area (Å²) in [6.45, 7) is 0.239. The van der Waals surface area contributed by atoms with E-state index < -0.39 is 10.9 Å². The minimum Gasteiger partial charge on any atom is -0.505 e.